The van der Waals surface area contributed by atoms with Gasteiger partial charge in [-0.3, -0.25) is 0 Å². The Hall–Kier alpha value is -5.87. The molecule has 1 aliphatic rings. The van der Waals surface area contributed by atoms with E-state index >= 15 is 0 Å². The Labute approximate surface area is 267 Å². The van der Waals surface area contributed by atoms with Crippen LogP contribution in [0.4, 0.5) is 0 Å². The molecule has 0 atom stereocenters. The zero-order valence-corrected chi connectivity index (χ0v) is 25.6. The minimum atomic E-state index is -0.135. The summed E-state index contributed by atoms with van der Waals surface area (Å²) in [6, 6.07) is 51.1. The molecular weight excluding hydrogens is 560 g/mol. The minimum Gasteiger partial charge on any atom is -0.309 e. The lowest BCUT2D eigenvalue weighted by molar-refractivity contribution is 0.664. The van der Waals surface area contributed by atoms with Gasteiger partial charge in [0, 0.05) is 38.6 Å². The van der Waals surface area contributed by atoms with E-state index < -0.39 is 0 Å². The lowest BCUT2D eigenvalue weighted by atomic mass is 9.81. The maximum atomic E-state index is 4.95. The number of benzene rings is 6. The van der Waals surface area contributed by atoms with Crippen molar-refractivity contribution in [1.29, 1.82) is 0 Å². The van der Waals surface area contributed by atoms with Gasteiger partial charge in [-0.1, -0.05) is 129 Å². The Morgan fingerprint density at radius 1 is 0.457 bits per heavy atom. The predicted molar refractivity (Wildman–Crippen MR) is 188 cm³/mol. The van der Waals surface area contributed by atoms with Crippen LogP contribution in [0.3, 0.4) is 0 Å². The highest BCUT2D eigenvalue weighted by Gasteiger charge is 2.38. The summed E-state index contributed by atoms with van der Waals surface area (Å²) in [5, 5.41) is 2.53. The largest absolute Gasteiger partial charge is 0.309 e. The highest BCUT2D eigenvalue weighted by Crippen LogP contribution is 2.52. The van der Waals surface area contributed by atoms with Crippen LogP contribution < -0.4 is 0 Å². The first kappa shape index (κ1) is 26.5. The molecule has 8 aromatic rings. The molecule has 0 aliphatic heterocycles. The van der Waals surface area contributed by atoms with Crippen LogP contribution in [0.5, 0.6) is 0 Å². The lowest BCUT2D eigenvalue weighted by Crippen LogP contribution is -2.16. The van der Waals surface area contributed by atoms with E-state index in [0.717, 1.165) is 22.4 Å². The van der Waals surface area contributed by atoms with E-state index in [0.29, 0.717) is 17.5 Å². The van der Waals surface area contributed by atoms with Crippen molar-refractivity contribution in [2.75, 3.05) is 0 Å². The molecule has 0 saturated carbocycles. The van der Waals surface area contributed by atoms with Gasteiger partial charge in [0.25, 0.3) is 0 Å². The van der Waals surface area contributed by atoms with Crippen LogP contribution in [0.2, 0.25) is 0 Å². The first-order valence-electron chi connectivity index (χ1n) is 15.7. The van der Waals surface area contributed by atoms with E-state index in [4.69, 9.17) is 15.0 Å². The molecule has 0 radical (unpaired) electrons. The molecular formula is C42H30N4. The molecule has 0 unspecified atom stereocenters. The first-order valence-corrected chi connectivity index (χ1v) is 15.7. The topological polar surface area (TPSA) is 43.6 Å². The average Bonchev–Trinajstić information content (AvgIpc) is 3.57. The Morgan fingerprint density at radius 2 is 1.00 bits per heavy atom. The number of aromatic nitrogens is 4. The summed E-state index contributed by atoms with van der Waals surface area (Å²) in [7, 11) is 0. The zero-order valence-electron chi connectivity index (χ0n) is 25.6. The molecule has 46 heavy (non-hydrogen) atoms. The van der Waals surface area contributed by atoms with Crippen LogP contribution in [0.1, 0.15) is 25.0 Å². The van der Waals surface area contributed by atoms with Crippen LogP contribution in [0, 0.1) is 0 Å². The number of hydrogen-bond acceptors (Lipinski definition) is 3. The van der Waals surface area contributed by atoms with Crippen molar-refractivity contribution in [3.05, 3.63) is 157 Å². The van der Waals surface area contributed by atoms with Gasteiger partial charge in [-0.2, -0.15) is 0 Å². The Morgan fingerprint density at radius 3 is 1.65 bits per heavy atom. The maximum Gasteiger partial charge on any atom is 0.164 e. The van der Waals surface area contributed by atoms with E-state index in [1.807, 2.05) is 60.7 Å². The molecule has 1 aliphatic carbocycles. The SMILES string of the molecule is CC1(C)c2ccccc2-c2ccc3c4ccccc4n(-c4ccc(-c5nc(-c6ccccc6)nc(-c6ccccc6)n5)cc4)c3c21. The molecule has 218 valence electrons. The van der Waals surface area contributed by atoms with Gasteiger partial charge in [0.15, 0.2) is 17.5 Å². The van der Waals surface area contributed by atoms with Gasteiger partial charge in [0.05, 0.1) is 11.0 Å². The second-order valence-electron chi connectivity index (χ2n) is 12.5. The molecule has 0 amide bonds. The van der Waals surface area contributed by atoms with Gasteiger partial charge < -0.3 is 4.57 Å². The van der Waals surface area contributed by atoms with Crippen molar-refractivity contribution in [2.45, 2.75) is 19.3 Å². The van der Waals surface area contributed by atoms with E-state index in [1.165, 1.54) is 44.1 Å². The van der Waals surface area contributed by atoms with Crippen molar-refractivity contribution in [2.24, 2.45) is 0 Å². The Balaban J connectivity index is 1.23. The molecule has 0 saturated heterocycles. The number of para-hydroxylation sites is 1. The standard InChI is InChI=1S/C42H30N4/c1-42(2)35-19-11-9-17-31(35)33-25-26-34-32-18-10-12-20-36(32)46(38(34)37(33)42)30-23-21-29(22-24-30)41-44-39(27-13-5-3-6-14-27)43-40(45-41)28-15-7-4-8-16-28/h3-26H,1-2H3. The normalized spacial score (nSPS) is 13.2. The predicted octanol–water partition coefficient (Wildman–Crippen LogP) is 10.3. The van der Waals surface area contributed by atoms with Crippen molar-refractivity contribution >= 4 is 21.8 Å². The van der Waals surface area contributed by atoms with Gasteiger partial charge in [-0.05, 0) is 52.6 Å². The molecule has 0 fully saturated rings. The van der Waals surface area contributed by atoms with E-state index in [1.54, 1.807) is 0 Å². The summed E-state index contributed by atoms with van der Waals surface area (Å²) in [4.78, 5) is 14.8. The summed E-state index contributed by atoms with van der Waals surface area (Å²) in [5.74, 6) is 1.97. The number of hydrogen-bond donors (Lipinski definition) is 0. The quantitative estimate of drug-likeness (QED) is 0.205. The number of nitrogens with zero attached hydrogens (tertiary/aromatic N) is 4. The Bertz CT molecular complexity index is 2360. The fraction of sp³-hybridized carbons (Fsp3) is 0.0714. The summed E-state index contributed by atoms with van der Waals surface area (Å²) >= 11 is 0. The summed E-state index contributed by atoms with van der Waals surface area (Å²) in [6.45, 7) is 4.72. The van der Waals surface area contributed by atoms with Gasteiger partial charge in [0.2, 0.25) is 0 Å². The van der Waals surface area contributed by atoms with Crippen LogP contribution in [-0.4, -0.2) is 19.5 Å². The summed E-state index contributed by atoms with van der Waals surface area (Å²) in [6.07, 6.45) is 0. The van der Waals surface area contributed by atoms with E-state index in [9.17, 15) is 0 Å². The van der Waals surface area contributed by atoms with Gasteiger partial charge in [-0.15, -0.1) is 0 Å². The molecule has 0 N–H and O–H groups in total. The van der Waals surface area contributed by atoms with Crippen molar-refractivity contribution < 1.29 is 0 Å². The molecule has 6 aromatic carbocycles. The smallest absolute Gasteiger partial charge is 0.164 e. The van der Waals surface area contributed by atoms with Gasteiger partial charge in [-0.25, -0.2) is 15.0 Å². The monoisotopic (exact) mass is 590 g/mol. The third kappa shape index (κ3) is 3.97. The first-order chi connectivity index (χ1) is 22.6. The van der Waals surface area contributed by atoms with Crippen molar-refractivity contribution in [1.82, 2.24) is 19.5 Å². The molecule has 0 bridgehead atoms. The van der Waals surface area contributed by atoms with E-state index in [-0.39, 0.29) is 5.41 Å². The third-order valence-electron chi connectivity index (χ3n) is 9.44. The number of fused-ring (bicyclic) bond motifs is 7. The summed E-state index contributed by atoms with van der Waals surface area (Å²) < 4.78 is 2.44. The van der Waals surface area contributed by atoms with Crippen LogP contribution in [-0.2, 0) is 5.41 Å². The fourth-order valence-corrected chi connectivity index (χ4v) is 7.28. The van der Waals surface area contributed by atoms with E-state index in [2.05, 4.69) is 103 Å². The minimum absolute atomic E-state index is 0.135. The van der Waals surface area contributed by atoms with Gasteiger partial charge >= 0.3 is 0 Å². The highest BCUT2D eigenvalue weighted by molar-refractivity contribution is 6.13. The van der Waals surface area contributed by atoms with Crippen molar-refractivity contribution in [3.63, 3.8) is 0 Å². The number of rotatable bonds is 4. The summed E-state index contributed by atoms with van der Waals surface area (Å²) in [5.41, 5.74) is 11.7. The Kier molecular flexibility index (Phi) is 5.81. The second-order valence-corrected chi connectivity index (χ2v) is 12.5. The fourth-order valence-electron chi connectivity index (χ4n) is 7.28. The van der Waals surface area contributed by atoms with Crippen LogP contribution in [0.25, 0.3) is 72.8 Å². The molecule has 9 rings (SSSR count). The second kappa shape index (κ2) is 10.1. The molecule has 2 aromatic heterocycles. The molecule has 0 spiro atoms. The maximum absolute atomic E-state index is 4.95. The van der Waals surface area contributed by atoms with Crippen LogP contribution in [0.15, 0.2) is 146 Å². The molecule has 4 heteroatoms. The zero-order chi connectivity index (χ0) is 30.8. The lowest BCUT2D eigenvalue weighted by Gasteiger charge is -2.23. The molecule has 4 nitrogen and oxygen atoms in total. The van der Waals surface area contributed by atoms with Crippen LogP contribution >= 0.6 is 0 Å². The van der Waals surface area contributed by atoms with Gasteiger partial charge in [0.1, 0.15) is 0 Å². The molecule has 2 heterocycles. The third-order valence-corrected chi connectivity index (χ3v) is 9.44. The average molecular weight is 591 g/mol. The highest BCUT2D eigenvalue weighted by atomic mass is 15.0. The van der Waals surface area contributed by atoms with Crippen molar-refractivity contribution in [3.8, 4) is 51.0 Å².